The number of likely N-dealkylation sites (tertiary alicyclic amines) is 2. The number of piperidine rings is 2. The Hall–Kier alpha value is 0.105. The molecule has 42 heavy (non-hydrogen) atoms. The van der Waals surface area contributed by atoms with E-state index >= 15 is 0 Å². The average Bonchev–Trinajstić information content (AvgIpc) is 3.57. The van der Waals surface area contributed by atoms with Crippen molar-refractivity contribution in [3.8, 4) is 0 Å². The summed E-state index contributed by atoms with van der Waals surface area (Å²) < 4.78 is 27.5. The third-order valence-corrected chi connectivity index (χ3v) is 8.11. The van der Waals surface area contributed by atoms with Crippen LogP contribution in [0.5, 0.6) is 0 Å². The Morgan fingerprint density at radius 3 is 1.45 bits per heavy atom. The molecule has 3 saturated heterocycles. The van der Waals surface area contributed by atoms with E-state index in [1.165, 1.54) is 86.5 Å². The Kier molecular flexibility index (Phi) is 30.1. The molecule has 0 amide bonds. The zero-order chi connectivity index (χ0) is 28.1. The van der Waals surface area contributed by atoms with Gasteiger partial charge in [-0.15, -0.1) is 0 Å². The van der Waals surface area contributed by atoms with E-state index in [-0.39, 0.29) is 45.1 Å². The Bertz CT molecular complexity index is 882. The minimum atomic E-state index is -2.11. The van der Waals surface area contributed by atoms with Gasteiger partial charge < -0.3 is 16.2 Å². The molecule has 0 bridgehead atoms. The minimum absolute atomic E-state index is 0. The van der Waals surface area contributed by atoms with Crippen molar-refractivity contribution in [2.75, 3.05) is 39.4 Å². The van der Waals surface area contributed by atoms with Gasteiger partial charge in [0.25, 0.3) is 0 Å². The Labute approximate surface area is 293 Å². The maximum absolute atomic E-state index is 10.7. The van der Waals surface area contributed by atoms with Crippen LogP contribution in [-0.4, -0.2) is 58.0 Å². The van der Waals surface area contributed by atoms with Crippen LogP contribution in [0.25, 0.3) is 0 Å². The number of ether oxygens (including phenoxy) is 1. The third kappa shape index (κ3) is 21.0. The smallest absolute Gasteiger partial charge is 0.768 e. The largest absolute Gasteiger partial charge is 1.00 e. The molecule has 0 N–H and O–H groups in total. The maximum atomic E-state index is 10.7. The van der Waals surface area contributed by atoms with Gasteiger partial charge in [0.05, 0.1) is 0 Å². The monoisotopic (exact) mass is 650 g/mol. The second-order valence-corrected chi connectivity index (χ2v) is 12.2. The minimum Gasteiger partial charge on any atom is -0.768 e. The summed E-state index contributed by atoms with van der Waals surface area (Å²) in [5.74, 6) is 0. The molecule has 3 aliphatic rings. The van der Waals surface area contributed by atoms with E-state index in [2.05, 4.69) is 63.8 Å². The molecule has 0 saturated carbocycles. The number of nitrogens with zero attached hydrogens (tertiary/aromatic N) is 2. The van der Waals surface area contributed by atoms with Gasteiger partial charge in [-0.05, 0) is 111 Å². The number of hydrogen-bond donors (Lipinski definition) is 0. The molecule has 1 unspecified atom stereocenters. The van der Waals surface area contributed by atoms with Crippen LogP contribution < -0.4 is 37.7 Å². The molecule has 0 aliphatic carbocycles. The zero-order valence-corrected chi connectivity index (χ0v) is 28.4. The van der Waals surface area contributed by atoms with E-state index in [0.29, 0.717) is 4.90 Å². The quantitative estimate of drug-likeness (QED) is 0.273. The maximum Gasteiger partial charge on any atom is 1.00 e. The third-order valence-electron chi connectivity index (χ3n) is 6.92. The number of halogens is 1. The predicted octanol–water partition coefficient (Wildman–Crippen LogP) is 2.41. The predicted molar refractivity (Wildman–Crippen MR) is 173 cm³/mol. The van der Waals surface area contributed by atoms with Crippen LogP contribution >= 0.6 is 15.9 Å². The van der Waals surface area contributed by atoms with Crippen LogP contribution in [0.3, 0.4) is 0 Å². The van der Waals surface area contributed by atoms with Crippen molar-refractivity contribution in [2.24, 2.45) is 0 Å². The molecule has 1 atom stereocenters. The van der Waals surface area contributed by atoms with Crippen molar-refractivity contribution in [1.29, 1.82) is 0 Å². The molecule has 2 aromatic rings. The van der Waals surface area contributed by atoms with Crippen LogP contribution in [0.2, 0.25) is 0 Å². The van der Waals surface area contributed by atoms with Crippen molar-refractivity contribution >= 4 is 27.0 Å². The Morgan fingerprint density at radius 1 is 0.762 bits per heavy atom. The summed E-state index contributed by atoms with van der Waals surface area (Å²) in [7, 11) is 0. The second-order valence-electron chi connectivity index (χ2n) is 10.4. The number of hydrogen-bond acceptors (Lipinski definition) is 5. The van der Waals surface area contributed by atoms with Crippen molar-refractivity contribution in [2.45, 2.75) is 96.5 Å². The molecular weight excluding hydrogens is 598 g/mol. The van der Waals surface area contributed by atoms with Crippen molar-refractivity contribution in [3.63, 3.8) is 0 Å². The Morgan fingerprint density at radius 2 is 1.14 bits per heavy atom. The normalized spacial score (nSPS) is 17.1. The summed E-state index contributed by atoms with van der Waals surface area (Å²) in [5.41, 5.74) is 2.62. The fourth-order valence-electron chi connectivity index (χ4n) is 4.56. The van der Waals surface area contributed by atoms with Gasteiger partial charge in [0.2, 0.25) is 0 Å². The van der Waals surface area contributed by atoms with E-state index in [1.54, 1.807) is 12.1 Å². The Balaban J connectivity index is 0. The number of rotatable bonds is 6. The molecule has 3 heterocycles. The first-order chi connectivity index (χ1) is 19.0. The van der Waals surface area contributed by atoms with Gasteiger partial charge in [0.15, 0.2) is 0 Å². The van der Waals surface area contributed by atoms with Gasteiger partial charge in [0.1, 0.15) is 0 Å². The van der Waals surface area contributed by atoms with Gasteiger partial charge in [-0.25, -0.2) is 0 Å². The van der Waals surface area contributed by atoms with E-state index < -0.39 is 11.1 Å². The second kappa shape index (κ2) is 28.6. The summed E-state index contributed by atoms with van der Waals surface area (Å²) in [6.45, 7) is 14.6. The topological polar surface area (TPSA) is 55.8 Å². The molecule has 3 aliphatic heterocycles. The molecule has 5 nitrogen and oxygen atoms in total. The summed E-state index contributed by atoms with van der Waals surface area (Å²) in [6.07, 6.45) is 12.9. The standard InChI is InChI=1S/C12H16BrN.C12H17NO2S.C4H8O.C4H9.CH4.2Li/c13-12-6-4-11(5-7-12)10-14-8-2-1-3-9-14;14-16(15)12-6-4-11(5-7-12)10-13-8-2-1-3-9-13;1-2-4-5-3-1;1-3-4-2;;;/h4-7H,1-3,8-10H2;4-7H,1-3,8-10H2,(H,14,15);1-4H2;1,3-4H2,2H3;1H4;;/q;;;-1;;2*+1/p-1. The van der Waals surface area contributed by atoms with Crippen LogP contribution in [0.1, 0.15) is 89.7 Å². The molecular formula is C33H53BrLi2N2O3S. The van der Waals surface area contributed by atoms with Crippen molar-refractivity contribution in [3.05, 3.63) is 71.1 Å². The summed E-state index contributed by atoms with van der Waals surface area (Å²) in [6, 6.07) is 15.8. The van der Waals surface area contributed by atoms with Crippen LogP contribution in [0.15, 0.2) is 57.9 Å². The molecule has 5 rings (SSSR count). The van der Waals surface area contributed by atoms with E-state index in [9.17, 15) is 8.76 Å². The SMILES string of the molecule is Brc1ccc(CN2CCCCC2)cc1.C.C1CCOC1.O=S([O-])c1ccc(CN2CCCCC2)cc1.[CH2-]CCC.[Li+].[Li+]. The first-order valence-electron chi connectivity index (χ1n) is 14.8. The summed E-state index contributed by atoms with van der Waals surface area (Å²) in [5, 5.41) is 0. The fourth-order valence-corrected chi connectivity index (χ4v) is 5.18. The molecule has 228 valence electrons. The van der Waals surface area contributed by atoms with Crippen molar-refractivity contribution < 1.29 is 51.2 Å². The first kappa shape index (κ1) is 44.2. The first-order valence-corrected chi connectivity index (χ1v) is 16.6. The fraction of sp³-hybridized carbons (Fsp3) is 0.606. The summed E-state index contributed by atoms with van der Waals surface area (Å²) in [4.78, 5) is 5.33. The zero-order valence-electron chi connectivity index (χ0n) is 26.0. The van der Waals surface area contributed by atoms with Gasteiger partial charge >= 0.3 is 37.7 Å². The van der Waals surface area contributed by atoms with Gasteiger partial charge in [-0.2, -0.15) is 6.42 Å². The van der Waals surface area contributed by atoms with Crippen LogP contribution in [0, 0.1) is 6.92 Å². The summed E-state index contributed by atoms with van der Waals surface area (Å²) >= 11 is 1.35. The van der Waals surface area contributed by atoms with E-state index in [1.807, 2.05) is 12.1 Å². The molecule has 0 aromatic heterocycles. The van der Waals surface area contributed by atoms with E-state index in [0.717, 1.165) is 45.8 Å². The molecule has 2 aromatic carbocycles. The number of benzene rings is 2. The molecule has 9 heteroatoms. The molecule has 0 spiro atoms. The molecule has 3 fully saturated rings. The van der Waals surface area contributed by atoms with Gasteiger partial charge in [0, 0.05) is 35.7 Å². The van der Waals surface area contributed by atoms with Crippen molar-refractivity contribution in [1.82, 2.24) is 9.80 Å². The number of unbranched alkanes of at least 4 members (excludes halogenated alkanes) is 1. The molecule has 0 radical (unpaired) electrons. The van der Waals surface area contributed by atoms with E-state index in [4.69, 9.17) is 4.74 Å². The van der Waals surface area contributed by atoms with Gasteiger partial charge in [-0.1, -0.05) is 73.8 Å². The average molecular weight is 652 g/mol. The van der Waals surface area contributed by atoms with Crippen LogP contribution in [0.4, 0.5) is 0 Å². The van der Waals surface area contributed by atoms with Gasteiger partial charge in [-0.3, -0.25) is 14.0 Å². The van der Waals surface area contributed by atoms with Crippen LogP contribution in [-0.2, 0) is 28.9 Å².